The van der Waals surface area contributed by atoms with Gasteiger partial charge in [0.25, 0.3) is 0 Å². The van der Waals surface area contributed by atoms with Crippen LogP contribution in [0.5, 0.6) is 0 Å². The van der Waals surface area contributed by atoms with Crippen molar-refractivity contribution in [3.8, 4) is 44.5 Å². The summed E-state index contributed by atoms with van der Waals surface area (Å²) < 4.78 is 0. The lowest BCUT2D eigenvalue weighted by Gasteiger charge is -2.18. The van der Waals surface area contributed by atoms with Crippen LogP contribution in [0.4, 0.5) is 0 Å². The lowest BCUT2D eigenvalue weighted by molar-refractivity contribution is 0.922. The number of rotatable bonds is 10. The summed E-state index contributed by atoms with van der Waals surface area (Å²) in [5, 5.41) is 11.5. The molecule has 0 fully saturated rings. The molecule has 0 nitrogen and oxygen atoms in total. The van der Waals surface area contributed by atoms with Gasteiger partial charge in [0, 0.05) is 10.0 Å². The van der Waals surface area contributed by atoms with Gasteiger partial charge in [-0.2, -0.15) is 0 Å². The molecule has 64 heavy (non-hydrogen) atoms. The molecular weight excluding hydrogens is 816 g/mol. The third-order valence-electron chi connectivity index (χ3n) is 12.8. The van der Waals surface area contributed by atoms with Crippen molar-refractivity contribution in [1.82, 2.24) is 0 Å². The van der Waals surface area contributed by atoms with Crippen LogP contribution in [0.2, 0.25) is 10.0 Å². The minimum absolute atomic E-state index is 0.765. The van der Waals surface area contributed by atoms with E-state index in [1.807, 2.05) is 12.1 Å². The maximum absolute atomic E-state index is 6.55. The van der Waals surface area contributed by atoms with Gasteiger partial charge in [0.05, 0.1) is 0 Å². The third-order valence-corrected chi connectivity index (χ3v) is 13.3. The maximum Gasteiger partial charge on any atom is 0.0412 e. The van der Waals surface area contributed by atoms with E-state index in [4.69, 9.17) is 23.2 Å². The van der Waals surface area contributed by atoms with Gasteiger partial charge < -0.3 is 0 Å². The van der Waals surface area contributed by atoms with Gasteiger partial charge in [-0.25, -0.2) is 0 Å². The normalized spacial score (nSPS) is 11.3. The maximum atomic E-state index is 6.55. The Kier molecular flexibility index (Phi) is 13.0. The van der Waals surface area contributed by atoms with Gasteiger partial charge in [-0.3, -0.25) is 0 Å². The van der Waals surface area contributed by atoms with E-state index >= 15 is 0 Å². The molecule has 0 aromatic heterocycles. The zero-order valence-corrected chi connectivity index (χ0v) is 38.8. The van der Waals surface area contributed by atoms with Gasteiger partial charge in [-0.05, 0) is 160 Å². The molecule has 0 aliphatic rings. The summed E-state index contributed by atoms with van der Waals surface area (Å²) >= 11 is 13.1. The molecule has 0 N–H and O–H groups in total. The Labute approximate surface area is 389 Å². The van der Waals surface area contributed by atoms with Crippen molar-refractivity contribution in [3.05, 3.63) is 214 Å². The highest BCUT2D eigenvalue weighted by Gasteiger charge is 2.19. The first-order valence-corrected chi connectivity index (χ1v) is 23.8. The van der Waals surface area contributed by atoms with E-state index in [0.717, 1.165) is 48.6 Å². The molecule has 316 valence electrons. The summed E-state index contributed by atoms with van der Waals surface area (Å²) in [6, 6.07) is 66.3. The van der Waals surface area contributed by atoms with Crippen LogP contribution < -0.4 is 0 Å². The minimum atomic E-state index is 0.765. The Morgan fingerprint density at radius 1 is 0.281 bits per heavy atom. The second kappa shape index (κ2) is 19.3. The lowest BCUT2D eigenvalue weighted by Crippen LogP contribution is -1.92. The first-order valence-electron chi connectivity index (χ1n) is 23.0. The molecule has 10 rings (SSSR count). The first-order chi connectivity index (χ1) is 31.4. The molecule has 0 amide bonds. The van der Waals surface area contributed by atoms with Crippen LogP contribution in [-0.2, 0) is 25.7 Å². The molecule has 0 unspecified atom stereocenters. The van der Waals surface area contributed by atoms with Crippen LogP contribution in [0.25, 0.3) is 87.6 Å². The van der Waals surface area contributed by atoms with Crippen molar-refractivity contribution in [2.45, 2.75) is 66.2 Å². The Morgan fingerprint density at radius 2 is 0.547 bits per heavy atom. The summed E-state index contributed by atoms with van der Waals surface area (Å²) in [6.07, 6.45) is 6.64. The zero-order valence-electron chi connectivity index (χ0n) is 37.3. The molecule has 0 saturated heterocycles. The predicted molar refractivity (Wildman–Crippen MR) is 281 cm³/mol. The van der Waals surface area contributed by atoms with Crippen LogP contribution in [0.1, 0.15) is 62.8 Å². The van der Waals surface area contributed by atoms with Crippen molar-refractivity contribution in [3.63, 3.8) is 0 Å². The highest BCUT2D eigenvalue weighted by atomic mass is 35.5. The Hall–Kier alpha value is -6.18. The average Bonchev–Trinajstić information content (AvgIpc) is 3.33. The van der Waals surface area contributed by atoms with Crippen LogP contribution in [0.3, 0.4) is 0 Å². The molecule has 0 spiro atoms. The summed E-state index contributed by atoms with van der Waals surface area (Å²) in [5.41, 5.74) is 15.5. The number of hydrogen-bond donors (Lipinski definition) is 0. The second-order valence-corrected chi connectivity index (χ2v) is 17.8. The monoisotopic (exact) mass is 868 g/mol. The van der Waals surface area contributed by atoms with E-state index < -0.39 is 0 Å². The lowest BCUT2D eigenvalue weighted by atomic mass is 9.85. The Balaban J connectivity index is 0.000000162. The van der Waals surface area contributed by atoms with Gasteiger partial charge in [-0.15, -0.1) is 0 Å². The minimum Gasteiger partial charge on any atom is -0.0843 e. The third kappa shape index (κ3) is 8.58. The number of fused-ring (bicyclic) bond motifs is 4. The van der Waals surface area contributed by atoms with Crippen LogP contribution >= 0.6 is 23.2 Å². The van der Waals surface area contributed by atoms with Gasteiger partial charge >= 0.3 is 0 Å². The van der Waals surface area contributed by atoms with Gasteiger partial charge in [0.1, 0.15) is 0 Å². The topological polar surface area (TPSA) is 0 Å². The van der Waals surface area contributed by atoms with E-state index in [1.54, 1.807) is 0 Å². The number of aryl methyl sites for hydroxylation is 4. The molecule has 0 heterocycles. The van der Waals surface area contributed by atoms with E-state index in [1.165, 1.54) is 110 Å². The highest BCUT2D eigenvalue weighted by Crippen LogP contribution is 2.46. The molecule has 0 radical (unpaired) electrons. The Bertz CT molecular complexity index is 3230. The molecule has 0 saturated carbocycles. The van der Waals surface area contributed by atoms with Gasteiger partial charge in [-0.1, -0.05) is 221 Å². The number of halogens is 2. The molecule has 0 atom stereocenters. The van der Waals surface area contributed by atoms with E-state index in [-0.39, 0.29) is 0 Å². The molecule has 0 aliphatic heterocycles. The first kappa shape index (κ1) is 43.1. The molecule has 0 aliphatic carbocycles. The summed E-state index contributed by atoms with van der Waals surface area (Å²) in [4.78, 5) is 0. The molecule has 10 aromatic rings. The standard InChI is InChI=1S/C32H29Cl.C30H25Cl/c1-3-7-22-11-15-24(16-12-22)31-27-9-5-6-10-28(27)32(30-21-26(33)19-20-29(30)31)25-17-13-23(8-4-2)14-18-25;1-3-20-9-13-22(14-10-20)29-25-7-5-6-8-26(25)30(23-15-11-21(4-2)12-16-23)28-19-24(31)17-18-27(28)29/h5-6,9-21H,3-4,7-8H2,1-2H3;5-19H,3-4H2,1-2H3. The Morgan fingerprint density at radius 3 is 0.828 bits per heavy atom. The zero-order chi connectivity index (χ0) is 44.2. The largest absolute Gasteiger partial charge is 0.0843 e. The van der Waals surface area contributed by atoms with Gasteiger partial charge in [0.15, 0.2) is 0 Å². The van der Waals surface area contributed by atoms with Crippen molar-refractivity contribution < 1.29 is 0 Å². The summed E-state index contributed by atoms with van der Waals surface area (Å²) in [7, 11) is 0. The van der Waals surface area contributed by atoms with Crippen molar-refractivity contribution in [2.24, 2.45) is 0 Å². The van der Waals surface area contributed by atoms with Crippen LogP contribution in [0.15, 0.2) is 182 Å². The van der Waals surface area contributed by atoms with Crippen molar-refractivity contribution in [2.75, 3.05) is 0 Å². The molecule has 10 aromatic carbocycles. The second-order valence-electron chi connectivity index (χ2n) is 17.0. The molecule has 0 bridgehead atoms. The van der Waals surface area contributed by atoms with E-state index in [0.29, 0.717) is 0 Å². The fraction of sp³-hybridized carbons (Fsp3) is 0.161. The van der Waals surface area contributed by atoms with Crippen molar-refractivity contribution in [1.29, 1.82) is 0 Å². The average molecular weight is 870 g/mol. The fourth-order valence-corrected chi connectivity index (χ4v) is 9.96. The number of benzene rings is 10. The fourth-order valence-electron chi connectivity index (χ4n) is 9.61. The van der Waals surface area contributed by atoms with E-state index in [2.05, 4.69) is 198 Å². The summed E-state index contributed by atoms with van der Waals surface area (Å²) in [5.74, 6) is 0. The molecular formula is C62H54Cl2. The van der Waals surface area contributed by atoms with Gasteiger partial charge in [0.2, 0.25) is 0 Å². The SMILES string of the molecule is CCCc1ccc(-c2c3ccccc3c(-c3ccc(CCC)cc3)c3cc(Cl)ccc23)cc1.CCc1ccc(-c2c3ccccc3c(-c3ccc(CC)cc3)c3cc(Cl)ccc23)cc1. The predicted octanol–water partition coefficient (Wildman–Crippen LogP) is 19.0. The van der Waals surface area contributed by atoms with Crippen LogP contribution in [-0.4, -0.2) is 0 Å². The smallest absolute Gasteiger partial charge is 0.0412 e. The van der Waals surface area contributed by atoms with Crippen LogP contribution in [0, 0.1) is 0 Å². The van der Waals surface area contributed by atoms with Crippen molar-refractivity contribution >= 4 is 66.3 Å². The molecule has 2 heteroatoms. The highest BCUT2D eigenvalue weighted by molar-refractivity contribution is 6.33. The quantitative estimate of drug-likeness (QED) is 0.120. The van der Waals surface area contributed by atoms with E-state index in [9.17, 15) is 0 Å². The number of hydrogen-bond acceptors (Lipinski definition) is 0. The summed E-state index contributed by atoms with van der Waals surface area (Å²) in [6.45, 7) is 8.84.